The minimum Gasteiger partial charge on any atom is -0.495 e. The summed E-state index contributed by atoms with van der Waals surface area (Å²) in [7, 11) is 1.52. The standard InChI is InChI=1S/C34H40N6O6/c1-46-30-12-6-5-11-28(30)37-34(45)40-17-7-8-25(23-40)31(41)36-29(32(42)43)22-24-13-15-26(16-14-24)35-33(44)39-20-18-38(19-21-39)27-9-3-2-4-10-27/h2-6,9-16,25,29H,7-8,17-23H2,1H3,(H,35,44)(H,36,41)(H,37,45)(H,42,43)/t25?,29-/m0/s1. The molecule has 12 heteroatoms. The number of urea groups is 2. The molecule has 2 aliphatic heterocycles. The van der Waals surface area contributed by atoms with Crippen LogP contribution in [0.25, 0.3) is 0 Å². The Morgan fingerprint density at radius 3 is 2.20 bits per heavy atom. The summed E-state index contributed by atoms with van der Waals surface area (Å²) in [6.45, 7) is 3.35. The van der Waals surface area contributed by atoms with Crippen molar-refractivity contribution in [2.45, 2.75) is 25.3 Å². The zero-order valence-corrected chi connectivity index (χ0v) is 25.9. The summed E-state index contributed by atoms with van der Waals surface area (Å²) < 4.78 is 5.30. The fourth-order valence-electron chi connectivity index (χ4n) is 5.78. The number of ether oxygens (including phenoxy) is 1. The summed E-state index contributed by atoms with van der Waals surface area (Å²) in [6, 6.07) is 22.4. The highest BCUT2D eigenvalue weighted by atomic mass is 16.5. The number of aliphatic carboxylic acids is 1. The smallest absolute Gasteiger partial charge is 0.326 e. The van der Waals surface area contributed by atoms with Gasteiger partial charge in [-0.2, -0.15) is 0 Å². The van der Waals surface area contributed by atoms with E-state index in [1.54, 1.807) is 58.3 Å². The van der Waals surface area contributed by atoms with Crippen molar-refractivity contribution in [3.05, 3.63) is 84.4 Å². The number of nitrogens with one attached hydrogen (secondary N) is 3. The Bertz CT molecular complexity index is 1510. The molecule has 12 nitrogen and oxygen atoms in total. The zero-order chi connectivity index (χ0) is 32.5. The summed E-state index contributed by atoms with van der Waals surface area (Å²) in [5.74, 6) is -1.56. The van der Waals surface area contributed by atoms with Gasteiger partial charge in [-0.15, -0.1) is 0 Å². The number of piperidine rings is 1. The molecule has 3 aromatic rings. The van der Waals surface area contributed by atoms with Gasteiger partial charge in [0.15, 0.2) is 0 Å². The lowest BCUT2D eigenvalue weighted by Gasteiger charge is -2.36. The first kappa shape index (κ1) is 32.1. The van der Waals surface area contributed by atoms with Crippen molar-refractivity contribution in [3.8, 4) is 5.75 Å². The number of benzene rings is 3. The van der Waals surface area contributed by atoms with E-state index in [1.807, 2.05) is 18.2 Å². The first-order valence-corrected chi connectivity index (χ1v) is 15.5. The number of carboxylic acid groups (broad SMARTS) is 1. The van der Waals surface area contributed by atoms with Crippen LogP contribution in [0.3, 0.4) is 0 Å². The number of carbonyl (C=O) groups excluding carboxylic acids is 3. The third kappa shape index (κ3) is 8.26. The normalized spacial score (nSPS) is 17.1. The van der Waals surface area contributed by atoms with Crippen LogP contribution in [0, 0.1) is 5.92 Å². The molecule has 2 saturated heterocycles. The molecule has 0 aromatic heterocycles. The molecule has 5 rings (SSSR count). The van der Waals surface area contributed by atoms with Gasteiger partial charge < -0.3 is 40.5 Å². The van der Waals surface area contributed by atoms with E-state index in [1.165, 1.54) is 7.11 Å². The number of amides is 5. The number of anilines is 3. The highest BCUT2D eigenvalue weighted by Crippen LogP contribution is 2.25. The summed E-state index contributed by atoms with van der Waals surface area (Å²) in [6.07, 6.45) is 1.23. The third-order valence-corrected chi connectivity index (χ3v) is 8.38. The molecule has 1 unspecified atom stereocenters. The predicted molar refractivity (Wildman–Crippen MR) is 175 cm³/mol. The Kier molecular flexibility index (Phi) is 10.6. The maximum atomic E-state index is 13.1. The van der Waals surface area contributed by atoms with E-state index < -0.39 is 23.8 Å². The summed E-state index contributed by atoms with van der Waals surface area (Å²) in [5.41, 5.74) is 2.97. The minimum atomic E-state index is -1.15. The number of para-hydroxylation sites is 3. The lowest BCUT2D eigenvalue weighted by Crippen LogP contribution is -2.50. The number of rotatable bonds is 9. The number of methoxy groups -OCH3 is 1. The Labute approximate surface area is 268 Å². The van der Waals surface area contributed by atoms with Gasteiger partial charge in [0.2, 0.25) is 5.91 Å². The molecule has 0 spiro atoms. The number of likely N-dealkylation sites (tertiary alicyclic amines) is 1. The van der Waals surface area contributed by atoms with Crippen LogP contribution in [0.5, 0.6) is 5.75 Å². The van der Waals surface area contributed by atoms with Gasteiger partial charge in [0.05, 0.1) is 18.7 Å². The number of hydrogen-bond acceptors (Lipinski definition) is 6. The SMILES string of the molecule is COc1ccccc1NC(=O)N1CCCC(C(=O)N[C@@H](Cc2ccc(NC(=O)N3CCN(c4ccccc4)CC3)cc2)C(=O)O)C1. The van der Waals surface area contributed by atoms with Crippen molar-refractivity contribution in [3.63, 3.8) is 0 Å². The molecular formula is C34H40N6O6. The molecular weight excluding hydrogens is 588 g/mol. The molecule has 0 aliphatic carbocycles. The molecule has 2 fully saturated rings. The van der Waals surface area contributed by atoms with Crippen LogP contribution in [0.4, 0.5) is 26.7 Å². The van der Waals surface area contributed by atoms with Gasteiger partial charge in [0.1, 0.15) is 11.8 Å². The van der Waals surface area contributed by atoms with Crippen molar-refractivity contribution < 1.29 is 29.0 Å². The van der Waals surface area contributed by atoms with Crippen LogP contribution in [0.2, 0.25) is 0 Å². The van der Waals surface area contributed by atoms with Crippen LogP contribution in [-0.2, 0) is 16.0 Å². The van der Waals surface area contributed by atoms with Gasteiger partial charge in [-0.1, -0.05) is 42.5 Å². The molecule has 46 heavy (non-hydrogen) atoms. The molecule has 4 N–H and O–H groups in total. The maximum absolute atomic E-state index is 13.1. The van der Waals surface area contributed by atoms with Crippen molar-refractivity contribution >= 4 is 41.0 Å². The fourth-order valence-corrected chi connectivity index (χ4v) is 5.78. The van der Waals surface area contributed by atoms with Crippen LogP contribution in [0.1, 0.15) is 18.4 Å². The van der Waals surface area contributed by atoms with Gasteiger partial charge in [0, 0.05) is 57.1 Å². The summed E-state index contributed by atoms with van der Waals surface area (Å²) in [4.78, 5) is 56.6. The minimum absolute atomic E-state index is 0.0709. The number of carbonyl (C=O) groups is 4. The quantitative estimate of drug-likeness (QED) is 0.279. The second kappa shape index (κ2) is 15.2. The number of nitrogens with zero attached hydrogens (tertiary/aromatic N) is 3. The van der Waals surface area contributed by atoms with E-state index in [9.17, 15) is 24.3 Å². The van der Waals surface area contributed by atoms with Gasteiger partial charge >= 0.3 is 18.0 Å². The largest absolute Gasteiger partial charge is 0.495 e. The second-order valence-electron chi connectivity index (χ2n) is 11.5. The van der Waals surface area contributed by atoms with Gasteiger partial charge in [-0.05, 0) is 54.8 Å². The molecule has 3 aromatic carbocycles. The molecule has 5 amide bonds. The van der Waals surface area contributed by atoms with E-state index in [0.29, 0.717) is 55.2 Å². The number of hydrogen-bond donors (Lipinski definition) is 4. The maximum Gasteiger partial charge on any atom is 0.326 e. The first-order valence-electron chi connectivity index (χ1n) is 15.5. The van der Waals surface area contributed by atoms with E-state index in [0.717, 1.165) is 18.8 Å². The molecule has 2 atom stereocenters. The Morgan fingerprint density at radius 2 is 1.50 bits per heavy atom. The fraction of sp³-hybridized carbons (Fsp3) is 0.353. The highest BCUT2D eigenvalue weighted by molar-refractivity contribution is 5.92. The molecule has 0 bridgehead atoms. The first-order chi connectivity index (χ1) is 22.3. The van der Waals surface area contributed by atoms with Crippen LogP contribution in [-0.4, -0.2) is 91.3 Å². The van der Waals surface area contributed by atoms with Gasteiger partial charge in [-0.25, -0.2) is 14.4 Å². The lowest BCUT2D eigenvalue weighted by atomic mass is 9.96. The average Bonchev–Trinajstić information content (AvgIpc) is 3.09. The predicted octanol–water partition coefficient (Wildman–Crippen LogP) is 4.11. The molecule has 0 saturated carbocycles. The van der Waals surface area contributed by atoms with E-state index in [4.69, 9.17) is 4.74 Å². The van der Waals surface area contributed by atoms with E-state index in [2.05, 4.69) is 33.0 Å². The Balaban J connectivity index is 1.10. The number of carboxylic acids is 1. The monoisotopic (exact) mass is 628 g/mol. The summed E-state index contributed by atoms with van der Waals surface area (Å²) >= 11 is 0. The van der Waals surface area contributed by atoms with Gasteiger partial charge in [-0.3, -0.25) is 4.79 Å². The molecule has 2 heterocycles. The zero-order valence-electron chi connectivity index (χ0n) is 25.9. The van der Waals surface area contributed by atoms with Crippen molar-refractivity contribution in [1.82, 2.24) is 15.1 Å². The lowest BCUT2D eigenvalue weighted by molar-refractivity contribution is -0.142. The average molecular weight is 629 g/mol. The Hall–Kier alpha value is -5.26. The highest BCUT2D eigenvalue weighted by Gasteiger charge is 2.31. The van der Waals surface area contributed by atoms with Crippen LogP contribution >= 0.6 is 0 Å². The van der Waals surface area contributed by atoms with E-state index >= 15 is 0 Å². The van der Waals surface area contributed by atoms with Crippen molar-refractivity contribution in [2.24, 2.45) is 5.92 Å². The van der Waals surface area contributed by atoms with Crippen molar-refractivity contribution in [1.29, 1.82) is 0 Å². The summed E-state index contributed by atoms with van der Waals surface area (Å²) in [5, 5.41) is 18.3. The molecule has 242 valence electrons. The third-order valence-electron chi connectivity index (χ3n) is 8.38. The second-order valence-corrected chi connectivity index (χ2v) is 11.5. The molecule has 2 aliphatic rings. The Morgan fingerprint density at radius 1 is 0.826 bits per heavy atom. The number of piperazine rings is 1. The topological polar surface area (TPSA) is 144 Å². The van der Waals surface area contributed by atoms with Crippen LogP contribution in [0.15, 0.2) is 78.9 Å². The van der Waals surface area contributed by atoms with Crippen molar-refractivity contribution in [2.75, 3.05) is 61.9 Å². The van der Waals surface area contributed by atoms with E-state index in [-0.39, 0.29) is 25.0 Å². The van der Waals surface area contributed by atoms with Gasteiger partial charge in [0.25, 0.3) is 0 Å². The van der Waals surface area contributed by atoms with Crippen LogP contribution < -0.4 is 25.6 Å². The molecule has 0 radical (unpaired) electrons.